The van der Waals surface area contributed by atoms with Crippen LogP contribution >= 0.6 is 11.3 Å². The van der Waals surface area contributed by atoms with Gasteiger partial charge in [-0.05, 0) is 22.4 Å². The van der Waals surface area contributed by atoms with E-state index in [-0.39, 0.29) is 0 Å². The monoisotopic (exact) mass is 182 g/mol. The molecule has 12 heavy (non-hydrogen) atoms. The predicted molar refractivity (Wildman–Crippen MR) is 52.5 cm³/mol. The zero-order valence-electron chi connectivity index (χ0n) is 7.12. The number of nitrogens with one attached hydrogen (secondary N) is 1. The SMILES string of the molecule is c1cc(CN2CCNCC2)cs1. The molecular weight excluding hydrogens is 168 g/mol. The molecule has 1 aromatic heterocycles. The van der Waals surface area contributed by atoms with Crippen LogP contribution in [0.4, 0.5) is 0 Å². The van der Waals surface area contributed by atoms with Crippen LogP contribution in [0.5, 0.6) is 0 Å². The van der Waals surface area contributed by atoms with Crippen LogP contribution in [0.2, 0.25) is 0 Å². The second-order valence-corrected chi connectivity index (χ2v) is 3.94. The second-order valence-electron chi connectivity index (χ2n) is 3.16. The van der Waals surface area contributed by atoms with Crippen molar-refractivity contribution in [2.24, 2.45) is 0 Å². The minimum atomic E-state index is 1.13. The van der Waals surface area contributed by atoms with Gasteiger partial charge in [0.05, 0.1) is 0 Å². The van der Waals surface area contributed by atoms with Gasteiger partial charge in [0.25, 0.3) is 0 Å². The Morgan fingerprint density at radius 1 is 1.42 bits per heavy atom. The molecule has 0 amide bonds. The van der Waals surface area contributed by atoms with E-state index < -0.39 is 0 Å². The van der Waals surface area contributed by atoms with Crippen LogP contribution < -0.4 is 5.32 Å². The molecule has 0 saturated carbocycles. The third kappa shape index (κ3) is 2.06. The van der Waals surface area contributed by atoms with Crippen LogP contribution in [0, 0.1) is 0 Å². The van der Waals surface area contributed by atoms with Crippen molar-refractivity contribution >= 4 is 11.3 Å². The van der Waals surface area contributed by atoms with E-state index in [0.29, 0.717) is 0 Å². The summed E-state index contributed by atoms with van der Waals surface area (Å²) < 4.78 is 0. The van der Waals surface area contributed by atoms with Gasteiger partial charge in [0.15, 0.2) is 0 Å². The number of nitrogens with zero attached hydrogens (tertiary/aromatic N) is 1. The van der Waals surface area contributed by atoms with Gasteiger partial charge in [0.1, 0.15) is 0 Å². The first-order valence-electron chi connectivity index (χ1n) is 4.39. The quantitative estimate of drug-likeness (QED) is 0.738. The maximum absolute atomic E-state index is 3.36. The molecule has 0 atom stereocenters. The summed E-state index contributed by atoms with van der Waals surface area (Å²) >= 11 is 1.79. The summed E-state index contributed by atoms with van der Waals surface area (Å²) in [4.78, 5) is 2.50. The molecule has 1 saturated heterocycles. The Hall–Kier alpha value is -0.380. The molecule has 66 valence electrons. The summed E-state index contributed by atoms with van der Waals surface area (Å²) in [6.07, 6.45) is 0. The van der Waals surface area contributed by atoms with E-state index in [1.54, 1.807) is 11.3 Å². The fourth-order valence-corrected chi connectivity index (χ4v) is 2.17. The van der Waals surface area contributed by atoms with Crippen molar-refractivity contribution in [3.63, 3.8) is 0 Å². The first-order chi connectivity index (χ1) is 5.95. The van der Waals surface area contributed by atoms with Crippen molar-refractivity contribution in [3.05, 3.63) is 22.4 Å². The summed E-state index contributed by atoms with van der Waals surface area (Å²) in [5, 5.41) is 7.74. The van der Waals surface area contributed by atoms with Gasteiger partial charge < -0.3 is 5.32 Å². The minimum Gasteiger partial charge on any atom is -0.314 e. The number of rotatable bonds is 2. The molecule has 1 N–H and O–H groups in total. The summed E-state index contributed by atoms with van der Waals surface area (Å²) in [6.45, 7) is 5.80. The number of hydrogen-bond acceptors (Lipinski definition) is 3. The predicted octanol–water partition coefficient (Wildman–Crippen LogP) is 1.15. The third-order valence-electron chi connectivity index (χ3n) is 2.20. The lowest BCUT2D eigenvalue weighted by molar-refractivity contribution is 0.233. The smallest absolute Gasteiger partial charge is 0.0243 e. The van der Waals surface area contributed by atoms with E-state index in [1.165, 1.54) is 18.7 Å². The largest absolute Gasteiger partial charge is 0.314 e. The maximum Gasteiger partial charge on any atom is 0.0243 e. The fourth-order valence-electron chi connectivity index (χ4n) is 1.51. The van der Waals surface area contributed by atoms with Crippen LogP contribution in [0.3, 0.4) is 0 Å². The van der Waals surface area contributed by atoms with Gasteiger partial charge in [0.2, 0.25) is 0 Å². The summed E-state index contributed by atoms with van der Waals surface area (Å²) in [7, 11) is 0. The Morgan fingerprint density at radius 3 is 2.92 bits per heavy atom. The lowest BCUT2D eigenvalue weighted by atomic mass is 10.3. The van der Waals surface area contributed by atoms with E-state index in [0.717, 1.165) is 19.6 Å². The van der Waals surface area contributed by atoms with Gasteiger partial charge in [-0.25, -0.2) is 0 Å². The highest BCUT2D eigenvalue weighted by molar-refractivity contribution is 7.07. The topological polar surface area (TPSA) is 15.3 Å². The van der Waals surface area contributed by atoms with Crippen molar-refractivity contribution in [1.29, 1.82) is 0 Å². The first kappa shape index (κ1) is 8.23. The van der Waals surface area contributed by atoms with Crippen LogP contribution in [-0.2, 0) is 6.54 Å². The van der Waals surface area contributed by atoms with E-state index in [4.69, 9.17) is 0 Å². The van der Waals surface area contributed by atoms with Crippen molar-refractivity contribution in [3.8, 4) is 0 Å². The van der Waals surface area contributed by atoms with Gasteiger partial charge in [-0.1, -0.05) is 0 Å². The summed E-state index contributed by atoms with van der Waals surface area (Å²) in [5.74, 6) is 0. The lowest BCUT2D eigenvalue weighted by Gasteiger charge is -2.26. The first-order valence-corrected chi connectivity index (χ1v) is 5.33. The number of hydrogen-bond donors (Lipinski definition) is 1. The van der Waals surface area contributed by atoms with E-state index in [2.05, 4.69) is 27.0 Å². The van der Waals surface area contributed by atoms with Crippen molar-refractivity contribution in [2.75, 3.05) is 26.2 Å². The van der Waals surface area contributed by atoms with Gasteiger partial charge >= 0.3 is 0 Å². The molecule has 0 unspecified atom stereocenters. The zero-order chi connectivity index (χ0) is 8.23. The zero-order valence-corrected chi connectivity index (χ0v) is 7.94. The van der Waals surface area contributed by atoms with Crippen LogP contribution in [0.25, 0.3) is 0 Å². The van der Waals surface area contributed by atoms with Gasteiger partial charge in [-0.2, -0.15) is 11.3 Å². The Labute approximate surface area is 77.2 Å². The molecule has 1 aromatic rings. The Balaban J connectivity index is 1.86. The maximum atomic E-state index is 3.36. The number of thiophene rings is 1. The van der Waals surface area contributed by atoms with E-state index in [1.807, 2.05) is 0 Å². The van der Waals surface area contributed by atoms with Gasteiger partial charge in [-0.3, -0.25) is 4.90 Å². The Morgan fingerprint density at radius 2 is 2.25 bits per heavy atom. The molecule has 3 heteroatoms. The highest BCUT2D eigenvalue weighted by Crippen LogP contribution is 2.09. The van der Waals surface area contributed by atoms with Gasteiger partial charge in [0, 0.05) is 32.7 Å². The third-order valence-corrected chi connectivity index (χ3v) is 2.93. The van der Waals surface area contributed by atoms with Gasteiger partial charge in [-0.15, -0.1) is 0 Å². The molecule has 0 aromatic carbocycles. The minimum absolute atomic E-state index is 1.13. The normalized spacial score (nSPS) is 19.7. The highest BCUT2D eigenvalue weighted by Gasteiger charge is 2.09. The fraction of sp³-hybridized carbons (Fsp3) is 0.556. The van der Waals surface area contributed by atoms with Crippen molar-refractivity contribution in [2.45, 2.75) is 6.54 Å². The molecule has 2 nitrogen and oxygen atoms in total. The Kier molecular flexibility index (Phi) is 2.76. The molecule has 1 aliphatic rings. The average molecular weight is 182 g/mol. The van der Waals surface area contributed by atoms with Crippen molar-refractivity contribution in [1.82, 2.24) is 10.2 Å². The molecule has 1 fully saturated rings. The lowest BCUT2D eigenvalue weighted by Crippen LogP contribution is -2.42. The molecule has 2 heterocycles. The van der Waals surface area contributed by atoms with Crippen LogP contribution in [0.15, 0.2) is 16.8 Å². The summed E-state index contributed by atoms with van der Waals surface area (Å²) in [5.41, 5.74) is 1.46. The standard InChI is InChI=1S/C9H14N2S/c1-6-12-8-9(1)7-11-4-2-10-3-5-11/h1,6,8,10H,2-5,7H2. The Bertz CT molecular complexity index is 214. The average Bonchev–Trinajstić information content (AvgIpc) is 2.59. The molecule has 2 rings (SSSR count). The molecule has 0 bridgehead atoms. The van der Waals surface area contributed by atoms with E-state index in [9.17, 15) is 0 Å². The van der Waals surface area contributed by atoms with Crippen molar-refractivity contribution < 1.29 is 0 Å². The molecular formula is C9H14N2S. The van der Waals surface area contributed by atoms with E-state index >= 15 is 0 Å². The second kappa shape index (κ2) is 4.03. The van der Waals surface area contributed by atoms with Crippen LogP contribution in [-0.4, -0.2) is 31.1 Å². The molecule has 0 spiro atoms. The number of piperazine rings is 1. The molecule has 0 aliphatic carbocycles. The molecule has 1 aliphatic heterocycles. The molecule has 0 radical (unpaired) electrons. The summed E-state index contributed by atoms with van der Waals surface area (Å²) in [6, 6.07) is 2.21. The van der Waals surface area contributed by atoms with Crippen LogP contribution in [0.1, 0.15) is 5.56 Å². The highest BCUT2D eigenvalue weighted by atomic mass is 32.1.